The summed E-state index contributed by atoms with van der Waals surface area (Å²) in [5, 5.41) is 2.88. The van der Waals surface area contributed by atoms with E-state index in [0.717, 1.165) is 12.1 Å². The van der Waals surface area contributed by atoms with Crippen LogP contribution < -0.4 is 14.8 Å². The normalized spacial score (nSPS) is 15.5. The van der Waals surface area contributed by atoms with Crippen LogP contribution in [0.1, 0.15) is 22.0 Å². The second kappa shape index (κ2) is 8.01. The van der Waals surface area contributed by atoms with E-state index in [0.29, 0.717) is 28.3 Å². The number of nitrogens with one attached hydrogen (secondary N) is 1. The van der Waals surface area contributed by atoms with Gasteiger partial charge in [-0.15, -0.1) is 0 Å². The summed E-state index contributed by atoms with van der Waals surface area (Å²) < 4.78 is 24.9. The molecule has 0 saturated heterocycles. The maximum atomic E-state index is 13.6. The highest BCUT2D eigenvalue weighted by Gasteiger charge is 2.27. The summed E-state index contributed by atoms with van der Waals surface area (Å²) in [6, 6.07) is 5.92. The van der Waals surface area contributed by atoms with Crippen molar-refractivity contribution < 1.29 is 18.7 Å². The Morgan fingerprint density at radius 1 is 1.46 bits per heavy atom. The third kappa shape index (κ3) is 4.31. The lowest BCUT2D eigenvalue weighted by molar-refractivity contribution is 0.0930. The molecule has 1 atom stereocenters. The molecule has 0 bridgehead atoms. The van der Waals surface area contributed by atoms with Crippen LogP contribution in [0.2, 0.25) is 0 Å². The van der Waals surface area contributed by atoms with Crippen LogP contribution in [0.25, 0.3) is 0 Å². The highest BCUT2D eigenvalue weighted by molar-refractivity contribution is 9.10. The predicted octanol–water partition coefficient (Wildman–Crippen LogP) is 2.79. The van der Waals surface area contributed by atoms with Crippen molar-refractivity contribution >= 4 is 21.8 Å². The number of likely N-dealkylation sites (N-methyl/N-ethyl adjacent to an activating group) is 1. The lowest BCUT2D eigenvalue weighted by atomic mass is 10.1. The molecule has 1 aromatic heterocycles. The molecular formula is C18H19BrFN3O3. The van der Waals surface area contributed by atoms with Crippen LogP contribution in [0, 0.1) is 5.82 Å². The second-order valence-electron chi connectivity index (χ2n) is 6.18. The number of hydrogen-bond acceptors (Lipinski definition) is 5. The number of nitrogens with zero attached hydrogens (tertiary/aromatic N) is 2. The molecular weight excluding hydrogens is 405 g/mol. The van der Waals surface area contributed by atoms with Crippen LogP contribution in [-0.2, 0) is 0 Å². The topological polar surface area (TPSA) is 63.7 Å². The fraction of sp³-hybridized carbons (Fsp3) is 0.333. The Morgan fingerprint density at radius 2 is 2.27 bits per heavy atom. The molecule has 1 N–H and O–H groups in total. The van der Waals surface area contributed by atoms with E-state index in [9.17, 15) is 9.18 Å². The Labute approximate surface area is 159 Å². The van der Waals surface area contributed by atoms with Crippen molar-refractivity contribution in [3.8, 4) is 11.6 Å². The molecule has 0 saturated carbocycles. The third-order valence-corrected chi connectivity index (χ3v) is 4.53. The van der Waals surface area contributed by atoms with E-state index in [1.807, 2.05) is 19.0 Å². The molecule has 1 unspecified atom stereocenters. The number of carbonyl (C=O) groups is 1. The van der Waals surface area contributed by atoms with E-state index < -0.39 is 5.82 Å². The van der Waals surface area contributed by atoms with E-state index in [2.05, 4.69) is 26.2 Å². The fourth-order valence-electron chi connectivity index (χ4n) is 2.50. The first kappa shape index (κ1) is 18.6. The minimum absolute atomic E-state index is 0.260. The van der Waals surface area contributed by atoms with Gasteiger partial charge in [-0.05, 0) is 42.2 Å². The number of hydrogen-bond donors (Lipinski definition) is 1. The van der Waals surface area contributed by atoms with Gasteiger partial charge in [-0.25, -0.2) is 9.37 Å². The zero-order valence-electron chi connectivity index (χ0n) is 14.5. The number of pyridine rings is 1. The van der Waals surface area contributed by atoms with E-state index in [-0.39, 0.29) is 18.6 Å². The zero-order chi connectivity index (χ0) is 18.7. The van der Waals surface area contributed by atoms with Crippen molar-refractivity contribution in [1.29, 1.82) is 0 Å². The van der Waals surface area contributed by atoms with Crippen molar-refractivity contribution in [2.24, 2.45) is 0 Å². The number of rotatable bonds is 6. The Morgan fingerprint density at radius 3 is 2.96 bits per heavy atom. The second-order valence-corrected chi connectivity index (χ2v) is 7.03. The molecule has 2 aromatic rings. The quantitative estimate of drug-likeness (QED) is 0.773. The van der Waals surface area contributed by atoms with Crippen LogP contribution in [0.4, 0.5) is 4.39 Å². The van der Waals surface area contributed by atoms with E-state index in [4.69, 9.17) is 9.47 Å². The minimum Gasteiger partial charge on any atom is -0.491 e. The molecule has 2 heterocycles. The molecule has 1 aliphatic rings. The van der Waals surface area contributed by atoms with Crippen LogP contribution >= 0.6 is 15.9 Å². The molecule has 138 valence electrons. The highest BCUT2D eigenvalue weighted by atomic mass is 79.9. The van der Waals surface area contributed by atoms with Gasteiger partial charge in [0.15, 0.2) is 0 Å². The molecule has 3 rings (SSSR count). The first-order chi connectivity index (χ1) is 12.4. The number of aromatic nitrogens is 1. The van der Waals surface area contributed by atoms with Gasteiger partial charge in [0, 0.05) is 30.4 Å². The van der Waals surface area contributed by atoms with Gasteiger partial charge in [0.25, 0.3) is 5.91 Å². The average Bonchev–Trinajstić information content (AvgIpc) is 2.97. The van der Waals surface area contributed by atoms with Gasteiger partial charge >= 0.3 is 0 Å². The summed E-state index contributed by atoms with van der Waals surface area (Å²) in [5.41, 5.74) is 1.16. The molecule has 8 heteroatoms. The summed E-state index contributed by atoms with van der Waals surface area (Å²) in [7, 11) is 3.92. The Bertz CT molecular complexity index is 799. The number of halogens is 2. The van der Waals surface area contributed by atoms with Crippen LogP contribution in [0.5, 0.6) is 11.6 Å². The lowest BCUT2D eigenvalue weighted by Crippen LogP contribution is -2.29. The maximum Gasteiger partial charge on any atom is 0.253 e. The molecule has 0 fully saturated rings. The van der Waals surface area contributed by atoms with Crippen LogP contribution in [0.3, 0.4) is 0 Å². The smallest absolute Gasteiger partial charge is 0.253 e. The summed E-state index contributed by atoms with van der Waals surface area (Å²) in [5.74, 6) is 0.236. The van der Waals surface area contributed by atoms with Gasteiger partial charge < -0.3 is 19.7 Å². The van der Waals surface area contributed by atoms with E-state index in [1.54, 1.807) is 18.2 Å². The largest absolute Gasteiger partial charge is 0.491 e. The average molecular weight is 424 g/mol. The molecule has 1 aliphatic heterocycles. The Kier molecular flexibility index (Phi) is 5.73. The van der Waals surface area contributed by atoms with Crippen molar-refractivity contribution in [3.05, 3.63) is 51.9 Å². The van der Waals surface area contributed by atoms with Crippen LogP contribution in [0.15, 0.2) is 34.9 Å². The fourth-order valence-corrected chi connectivity index (χ4v) is 2.86. The van der Waals surface area contributed by atoms with E-state index in [1.165, 1.54) is 12.3 Å². The zero-order valence-corrected chi connectivity index (χ0v) is 16.0. The van der Waals surface area contributed by atoms with Gasteiger partial charge in [-0.3, -0.25) is 4.79 Å². The van der Waals surface area contributed by atoms with Gasteiger partial charge in [0.2, 0.25) is 5.88 Å². The number of ether oxygens (including phenoxy) is 2. The molecule has 0 spiro atoms. The molecule has 0 aliphatic carbocycles. The third-order valence-electron chi connectivity index (χ3n) is 3.93. The minimum atomic E-state index is -0.398. The molecule has 1 aromatic carbocycles. The number of fused-ring (bicyclic) bond motifs is 1. The molecule has 26 heavy (non-hydrogen) atoms. The van der Waals surface area contributed by atoms with Gasteiger partial charge in [0.1, 0.15) is 24.8 Å². The summed E-state index contributed by atoms with van der Waals surface area (Å²) in [6.45, 7) is 1.56. The predicted molar refractivity (Wildman–Crippen MR) is 98.1 cm³/mol. The van der Waals surface area contributed by atoms with E-state index >= 15 is 0 Å². The van der Waals surface area contributed by atoms with Crippen molar-refractivity contribution in [3.63, 3.8) is 0 Å². The molecule has 1 amide bonds. The van der Waals surface area contributed by atoms with Gasteiger partial charge in [-0.2, -0.15) is 0 Å². The van der Waals surface area contributed by atoms with Crippen molar-refractivity contribution in [2.45, 2.75) is 6.04 Å². The van der Waals surface area contributed by atoms with Gasteiger partial charge in [0.05, 0.1) is 16.1 Å². The summed E-state index contributed by atoms with van der Waals surface area (Å²) in [4.78, 5) is 18.6. The van der Waals surface area contributed by atoms with Crippen molar-refractivity contribution in [1.82, 2.24) is 15.2 Å². The monoisotopic (exact) mass is 423 g/mol. The lowest BCUT2D eigenvalue weighted by Gasteiger charge is -2.13. The van der Waals surface area contributed by atoms with Crippen molar-refractivity contribution in [2.75, 3.05) is 33.9 Å². The summed E-state index contributed by atoms with van der Waals surface area (Å²) >= 11 is 3.15. The first-order valence-corrected chi connectivity index (χ1v) is 8.89. The highest BCUT2D eigenvalue weighted by Crippen LogP contribution is 2.36. The standard InChI is InChI=1S/C18H19BrFN3O3/c1-23(2)5-6-25-17-4-3-11(9-21-17)18(24)22-15-10-26-16-8-14(20)13(19)7-12(15)16/h3-4,7-9,15H,5-6,10H2,1-2H3,(H,22,24). The van der Waals surface area contributed by atoms with Gasteiger partial charge in [-0.1, -0.05) is 0 Å². The molecule has 0 radical (unpaired) electrons. The number of carbonyl (C=O) groups excluding carboxylic acids is 1. The molecule has 6 nitrogen and oxygen atoms in total. The summed E-state index contributed by atoms with van der Waals surface area (Å²) in [6.07, 6.45) is 1.47. The Balaban J connectivity index is 1.62. The first-order valence-electron chi connectivity index (χ1n) is 8.10. The number of benzene rings is 1. The Hall–Kier alpha value is -2.19. The SMILES string of the molecule is CN(C)CCOc1ccc(C(=O)NC2COc3cc(F)c(Br)cc32)cn1. The van der Waals surface area contributed by atoms with Crippen LogP contribution in [-0.4, -0.2) is 49.6 Å². The maximum absolute atomic E-state index is 13.6. The number of amides is 1.